The number of ether oxygens (including phenoxy) is 1. The summed E-state index contributed by atoms with van der Waals surface area (Å²) in [7, 11) is 0. The number of carbonyl (C=O) groups excluding carboxylic acids is 1. The standard InChI is InChI=1S/C14H10O6/c15-10-6-9(13(17)18)7-11(12(10)16)20-14(19)8-4-2-1-3-5-8/h1-7,15-16H,(H,17,18). The van der Waals surface area contributed by atoms with E-state index in [1.165, 1.54) is 12.1 Å². The van der Waals surface area contributed by atoms with E-state index in [1.54, 1.807) is 18.2 Å². The van der Waals surface area contributed by atoms with Gasteiger partial charge in [0.25, 0.3) is 0 Å². The van der Waals surface area contributed by atoms with Crippen molar-refractivity contribution < 1.29 is 29.6 Å². The van der Waals surface area contributed by atoms with Crippen LogP contribution in [0.5, 0.6) is 17.2 Å². The lowest BCUT2D eigenvalue weighted by Gasteiger charge is -2.08. The number of esters is 1. The summed E-state index contributed by atoms with van der Waals surface area (Å²) in [6.45, 7) is 0. The number of aromatic carboxylic acids is 1. The van der Waals surface area contributed by atoms with Gasteiger partial charge >= 0.3 is 11.9 Å². The zero-order valence-corrected chi connectivity index (χ0v) is 10.1. The van der Waals surface area contributed by atoms with E-state index in [4.69, 9.17) is 9.84 Å². The predicted octanol–water partition coefficient (Wildman–Crippen LogP) is 2.02. The highest BCUT2D eigenvalue weighted by Gasteiger charge is 2.17. The van der Waals surface area contributed by atoms with Crippen LogP contribution in [-0.2, 0) is 0 Å². The van der Waals surface area contributed by atoms with Crippen LogP contribution in [-0.4, -0.2) is 27.3 Å². The minimum atomic E-state index is -1.32. The maximum atomic E-state index is 11.8. The van der Waals surface area contributed by atoms with Gasteiger partial charge in [-0.25, -0.2) is 9.59 Å². The number of hydrogen-bond donors (Lipinski definition) is 3. The Morgan fingerprint density at radius 1 is 0.950 bits per heavy atom. The molecule has 102 valence electrons. The van der Waals surface area contributed by atoms with Crippen LogP contribution in [0.3, 0.4) is 0 Å². The summed E-state index contributed by atoms with van der Waals surface area (Å²) in [6.07, 6.45) is 0. The van der Waals surface area contributed by atoms with Gasteiger partial charge in [-0.2, -0.15) is 0 Å². The molecular formula is C14H10O6. The number of aromatic hydroxyl groups is 2. The lowest BCUT2D eigenvalue weighted by Crippen LogP contribution is -2.09. The number of carboxylic acids is 1. The Labute approximate surface area is 113 Å². The fourth-order valence-electron chi connectivity index (χ4n) is 1.53. The first kappa shape index (κ1) is 13.4. The fraction of sp³-hybridized carbons (Fsp3) is 0. The van der Waals surface area contributed by atoms with Crippen LogP contribution in [0.25, 0.3) is 0 Å². The average Bonchev–Trinajstić information content (AvgIpc) is 2.44. The summed E-state index contributed by atoms with van der Waals surface area (Å²) >= 11 is 0. The number of phenols is 2. The van der Waals surface area contributed by atoms with Crippen molar-refractivity contribution in [3.8, 4) is 17.2 Å². The molecule has 0 saturated carbocycles. The van der Waals surface area contributed by atoms with E-state index in [0.29, 0.717) is 0 Å². The maximum Gasteiger partial charge on any atom is 0.343 e. The Bertz CT molecular complexity index is 663. The molecule has 0 radical (unpaired) electrons. The minimum absolute atomic E-state index is 0.229. The molecule has 0 aliphatic carbocycles. The summed E-state index contributed by atoms with van der Waals surface area (Å²) in [6, 6.07) is 9.78. The van der Waals surface area contributed by atoms with E-state index in [-0.39, 0.29) is 11.1 Å². The lowest BCUT2D eigenvalue weighted by atomic mass is 10.2. The van der Waals surface area contributed by atoms with Crippen molar-refractivity contribution in [3.63, 3.8) is 0 Å². The quantitative estimate of drug-likeness (QED) is 0.449. The van der Waals surface area contributed by atoms with Crippen LogP contribution in [0.1, 0.15) is 20.7 Å². The summed E-state index contributed by atoms with van der Waals surface area (Å²) in [5.41, 5.74) is -0.0803. The Morgan fingerprint density at radius 2 is 1.60 bits per heavy atom. The van der Waals surface area contributed by atoms with Crippen molar-refractivity contribution in [2.24, 2.45) is 0 Å². The molecule has 0 saturated heterocycles. The van der Waals surface area contributed by atoms with Gasteiger partial charge in [0, 0.05) is 0 Å². The van der Waals surface area contributed by atoms with E-state index in [9.17, 15) is 19.8 Å². The molecule has 0 aliphatic heterocycles. The zero-order valence-electron chi connectivity index (χ0n) is 10.1. The third-order valence-electron chi connectivity index (χ3n) is 2.51. The SMILES string of the molecule is O=C(O)c1cc(O)c(O)c(OC(=O)c2ccccc2)c1. The summed E-state index contributed by atoms with van der Waals surface area (Å²) in [4.78, 5) is 22.6. The van der Waals surface area contributed by atoms with Crippen LogP contribution in [0, 0.1) is 0 Å². The molecular weight excluding hydrogens is 264 g/mol. The molecule has 20 heavy (non-hydrogen) atoms. The highest BCUT2D eigenvalue weighted by atomic mass is 16.5. The Morgan fingerprint density at radius 3 is 2.20 bits per heavy atom. The van der Waals surface area contributed by atoms with Gasteiger partial charge in [0.15, 0.2) is 11.5 Å². The molecule has 2 aromatic rings. The second kappa shape index (κ2) is 5.31. The molecule has 2 rings (SSSR count). The Balaban J connectivity index is 2.34. The van der Waals surface area contributed by atoms with Crippen molar-refractivity contribution >= 4 is 11.9 Å². The first-order valence-corrected chi connectivity index (χ1v) is 5.55. The first-order chi connectivity index (χ1) is 9.49. The van der Waals surface area contributed by atoms with Gasteiger partial charge in [-0.05, 0) is 24.3 Å². The normalized spacial score (nSPS) is 10.0. The van der Waals surface area contributed by atoms with Gasteiger partial charge in [0.2, 0.25) is 5.75 Å². The number of carboxylic acid groups (broad SMARTS) is 1. The van der Waals surface area contributed by atoms with Crippen molar-refractivity contribution in [2.45, 2.75) is 0 Å². The number of phenolic OH excluding ortho intramolecular Hbond substituents is 2. The van der Waals surface area contributed by atoms with Gasteiger partial charge in [0.05, 0.1) is 11.1 Å². The topological polar surface area (TPSA) is 104 Å². The van der Waals surface area contributed by atoms with Gasteiger partial charge in [-0.15, -0.1) is 0 Å². The lowest BCUT2D eigenvalue weighted by molar-refractivity contribution is 0.0685. The molecule has 0 unspecified atom stereocenters. The molecule has 0 aliphatic rings. The monoisotopic (exact) mass is 274 g/mol. The molecule has 6 heteroatoms. The van der Waals surface area contributed by atoms with Crippen LogP contribution >= 0.6 is 0 Å². The molecule has 3 N–H and O–H groups in total. The summed E-state index contributed by atoms with van der Waals surface area (Å²) < 4.78 is 4.89. The molecule has 0 aromatic heterocycles. The first-order valence-electron chi connectivity index (χ1n) is 5.55. The molecule has 2 aromatic carbocycles. The van der Waals surface area contributed by atoms with E-state index in [2.05, 4.69) is 0 Å². The van der Waals surface area contributed by atoms with Crippen molar-refractivity contribution in [1.29, 1.82) is 0 Å². The smallest absolute Gasteiger partial charge is 0.343 e. The van der Waals surface area contributed by atoms with Crippen molar-refractivity contribution in [1.82, 2.24) is 0 Å². The van der Waals surface area contributed by atoms with Crippen LogP contribution in [0.2, 0.25) is 0 Å². The molecule has 0 fully saturated rings. The second-order valence-corrected chi connectivity index (χ2v) is 3.90. The number of carbonyl (C=O) groups is 2. The largest absolute Gasteiger partial charge is 0.504 e. The highest BCUT2D eigenvalue weighted by molar-refractivity contribution is 5.93. The Hall–Kier alpha value is -3.02. The van der Waals surface area contributed by atoms with E-state index in [0.717, 1.165) is 12.1 Å². The van der Waals surface area contributed by atoms with Gasteiger partial charge < -0.3 is 20.1 Å². The molecule has 0 heterocycles. The maximum absolute atomic E-state index is 11.8. The predicted molar refractivity (Wildman–Crippen MR) is 68.1 cm³/mol. The van der Waals surface area contributed by atoms with Gasteiger partial charge in [0.1, 0.15) is 0 Å². The summed E-state index contributed by atoms with van der Waals surface area (Å²) in [5, 5.41) is 27.8. The third kappa shape index (κ3) is 2.69. The zero-order chi connectivity index (χ0) is 14.7. The second-order valence-electron chi connectivity index (χ2n) is 3.90. The van der Waals surface area contributed by atoms with Crippen LogP contribution in [0.15, 0.2) is 42.5 Å². The van der Waals surface area contributed by atoms with Crippen LogP contribution < -0.4 is 4.74 Å². The fourth-order valence-corrected chi connectivity index (χ4v) is 1.53. The number of rotatable bonds is 3. The molecule has 6 nitrogen and oxygen atoms in total. The van der Waals surface area contributed by atoms with Crippen molar-refractivity contribution in [2.75, 3.05) is 0 Å². The van der Waals surface area contributed by atoms with Gasteiger partial charge in [-0.3, -0.25) is 0 Å². The molecule has 0 atom stereocenters. The third-order valence-corrected chi connectivity index (χ3v) is 2.51. The van der Waals surface area contributed by atoms with Gasteiger partial charge in [-0.1, -0.05) is 18.2 Å². The highest BCUT2D eigenvalue weighted by Crippen LogP contribution is 2.36. The molecule has 0 spiro atoms. The number of hydrogen-bond acceptors (Lipinski definition) is 5. The van der Waals surface area contributed by atoms with E-state index in [1.807, 2.05) is 0 Å². The van der Waals surface area contributed by atoms with Crippen molar-refractivity contribution in [3.05, 3.63) is 53.6 Å². The summed E-state index contributed by atoms with van der Waals surface area (Å²) in [5.74, 6) is -3.89. The van der Waals surface area contributed by atoms with Crippen LogP contribution in [0.4, 0.5) is 0 Å². The number of benzene rings is 2. The molecule has 0 amide bonds. The average molecular weight is 274 g/mol. The molecule has 0 bridgehead atoms. The van der Waals surface area contributed by atoms with E-state index >= 15 is 0 Å². The minimum Gasteiger partial charge on any atom is -0.504 e. The van der Waals surface area contributed by atoms with E-state index < -0.39 is 29.2 Å². The Kier molecular flexibility index (Phi) is 3.56.